The van der Waals surface area contributed by atoms with Crippen LogP contribution < -0.4 is 10.7 Å². The van der Waals surface area contributed by atoms with Crippen LogP contribution in [0.4, 0.5) is 4.79 Å². The molecule has 2 fully saturated rings. The number of urea groups is 1. The standard InChI is InChI=1S/C49H65N9O7S.5H2S/c1-11-41(59)57-22-21-55(26-30(57)5)48(63)54(9)43(29(3)4)45(60)52-37-24-40-51-38(27-66-40)32-17-18-39-34(23-32)35(44(56(39)12-2)33-15-13-19-50-42(33)31(6)64-10)25-49(7,8)28-65-47(62)36-16-14-20-58(53-36)46(37)61;;;;;/h11,13,15,17-19,23,27,29-31,36-37,43,53H,1,12,14,16,20-22,24-26,28H2,2-10H3,(H,52,60);5*1H2/t30-,31-,36-,37-,43-;;;;;/m0...../s1. The number of aromatic nitrogens is 3. The normalized spacial score (nSPS) is 19.7. The van der Waals surface area contributed by atoms with Crippen LogP contribution >= 0.6 is 78.8 Å². The lowest BCUT2D eigenvalue weighted by atomic mass is 9.84. The smallest absolute Gasteiger partial charge is 0.324 e. The number of thiazole rings is 1. The number of fused-ring (bicyclic) bond motifs is 6. The lowest BCUT2D eigenvalue weighted by Gasteiger charge is -2.42. The summed E-state index contributed by atoms with van der Waals surface area (Å²) in [5, 5.41) is 8.09. The van der Waals surface area contributed by atoms with Gasteiger partial charge in [0.15, 0.2) is 0 Å². The fraction of sp³-hybridized carbons (Fsp3) is 0.531. The topological polar surface area (TPSA) is 172 Å². The molecule has 3 aliphatic rings. The molecule has 0 radical (unpaired) electrons. The third-order valence-electron chi connectivity index (χ3n) is 13.1. The molecule has 0 aliphatic carbocycles. The van der Waals surface area contributed by atoms with Gasteiger partial charge in [-0.2, -0.15) is 67.5 Å². The van der Waals surface area contributed by atoms with Crippen LogP contribution in [0.2, 0.25) is 0 Å². The van der Waals surface area contributed by atoms with Crippen LogP contribution in [0.1, 0.15) is 83.7 Å². The minimum atomic E-state index is -1.09. The molecular weight excluding hydrogens is 1020 g/mol. The molecule has 0 saturated carbocycles. The predicted octanol–water partition coefficient (Wildman–Crippen LogP) is 6.56. The van der Waals surface area contributed by atoms with Crippen molar-refractivity contribution in [2.75, 3.05) is 46.9 Å². The highest BCUT2D eigenvalue weighted by atomic mass is 32.1. The van der Waals surface area contributed by atoms with Crippen molar-refractivity contribution in [1.82, 2.24) is 45.0 Å². The number of methoxy groups -OCH3 is 1. The number of benzene rings is 1. The average molecular weight is 1090 g/mol. The molecule has 2 saturated heterocycles. The van der Waals surface area contributed by atoms with Crippen molar-refractivity contribution in [3.63, 3.8) is 0 Å². The molecule has 0 spiro atoms. The molecule has 4 aromatic rings. The summed E-state index contributed by atoms with van der Waals surface area (Å²) in [6, 6.07) is 6.99. The number of likely N-dealkylation sites (N-methyl/N-ethyl adjacent to an activating group) is 1. The Morgan fingerprint density at radius 2 is 1.80 bits per heavy atom. The number of cyclic esters (lactones) is 1. The third-order valence-corrected chi connectivity index (χ3v) is 14.0. The number of aryl methyl sites for hydroxylation is 1. The van der Waals surface area contributed by atoms with Gasteiger partial charge in [-0.25, -0.2) is 15.2 Å². The first-order valence-corrected chi connectivity index (χ1v) is 23.9. The predicted molar refractivity (Wildman–Crippen MR) is 306 cm³/mol. The van der Waals surface area contributed by atoms with Crippen LogP contribution in [0.15, 0.2) is 54.6 Å². The Hall–Kier alpha value is -3.90. The van der Waals surface area contributed by atoms with E-state index >= 15 is 0 Å². The molecule has 22 heteroatoms. The Kier molecular flexibility index (Phi) is 23.9. The van der Waals surface area contributed by atoms with Gasteiger partial charge >= 0.3 is 12.0 Å². The summed E-state index contributed by atoms with van der Waals surface area (Å²) < 4.78 is 14.2. The maximum absolute atomic E-state index is 14.6. The highest BCUT2D eigenvalue weighted by Gasteiger charge is 2.40. The van der Waals surface area contributed by atoms with Crippen molar-refractivity contribution in [1.29, 1.82) is 0 Å². The number of carbonyl (C=O) groups excluding carboxylic acids is 5. The minimum Gasteiger partial charge on any atom is -0.464 e. The Bertz CT molecular complexity index is 2500. The number of nitrogens with one attached hydrogen (secondary N) is 2. The Labute approximate surface area is 457 Å². The molecule has 16 nitrogen and oxygen atoms in total. The first-order valence-electron chi connectivity index (χ1n) is 23.0. The van der Waals surface area contributed by atoms with Crippen molar-refractivity contribution in [3.8, 4) is 22.5 Å². The largest absolute Gasteiger partial charge is 0.464 e. The monoisotopic (exact) mass is 1090 g/mol. The van der Waals surface area contributed by atoms with Gasteiger partial charge in [-0.15, -0.1) is 11.3 Å². The van der Waals surface area contributed by atoms with Gasteiger partial charge in [0.2, 0.25) is 11.8 Å². The van der Waals surface area contributed by atoms with Crippen molar-refractivity contribution in [2.24, 2.45) is 11.3 Å². The Balaban J connectivity index is 0.00000346. The molecule has 71 heavy (non-hydrogen) atoms. The van der Waals surface area contributed by atoms with Crippen molar-refractivity contribution in [2.45, 2.75) is 111 Å². The summed E-state index contributed by atoms with van der Waals surface area (Å²) in [6.07, 6.45) is 4.45. The molecular formula is C49H75N9O7S6. The fourth-order valence-corrected chi connectivity index (χ4v) is 10.5. The SMILES string of the molecule is C=CC(=O)N1CCN(C(=O)N(C)[C@H](C(=O)N[C@H]2Cc3nc(cs3)-c3ccc4c(c3)c(c(-c3cccnc3[C@H](C)OC)n4CC)CC(C)(C)COC(=O)[C@@H]3CCCN(N3)C2=O)C(C)C)C[C@@H]1C.S.S.S.S.S. The number of ether oxygens (including phenoxy) is 2. The molecule has 394 valence electrons. The summed E-state index contributed by atoms with van der Waals surface area (Å²) in [5.41, 5.74) is 9.25. The molecule has 5 atom stereocenters. The van der Waals surface area contributed by atoms with Crippen molar-refractivity contribution >= 4 is 119 Å². The quantitative estimate of drug-likeness (QED) is 0.138. The molecule has 3 aliphatic heterocycles. The zero-order chi connectivity index (χ0) is 47.6. The van der Waals surface area contributed by atoms with Crippen LogP contribution in [-0.4, -0.2) is 135 Å². The van der Waals surface area contributed by atoms with E-state index in [1.165, 1.54) is 27.3 Å². The highest BCUT2D eigenvalue weighted by molar-refractivity contribution is 7.60. The van der Waals surface area contributed by atoms with E-state index in [2.05, 4.69) is 66.9 Å². The molecule has 0 unspecified atom stereocenters. The lowest BCUT2D eigenvalue weighted by Crippen LogP contribution is -2.63. The van der Waals surface area contributed by atoms with Gasteiger partial charge in [0.25, 0.3) is 5.91 Å². The van der Waals surface area contributed by atoms with Gasteiger partial charge in [0.05, 0.1) is 34.8 Å². The molecule has 3 aromatic heterocycles. The summed E-state index contributed by atoms with van der Waals surface area (Å²) in [4.78, 5) is 84.1. The van der Waals surface area contributed by atoms with Crippen molar-refractivity contribution < 1.29 is 33.4 Å². The van der Waals surface area contributed by atoms with Gasteiger partial charge < -0.3 is 34.1 Å². The zero-order valence-electron chi connectivity index (χ0n) is 42.3. The summed E-state index contributed by atoms with van der Waals surface area (Å²) in [5.74, 6) is -1.90. The summed E-state index contributed by atoms with van der Waals surface area (Å²) >= 11 is 1.40. The second-order valence-electron chi connectivity index (χ2n) is 18.9. The van der Waals surface area contributed by atoms with Crippen LogP contribution in [0.3, 0.4) is 0 Å². The van der Waals surface area contributed by atoms with Crippen LogP contribution in [0.5, 0.6) is 0 Å². The highest BCUT2D eigenvalue weighted by Crippen LogP contribution is 2.42. The molecule has 2 N–H and O–H groups in total. The second kappa shape index (κ2) is 26.9. The summed E-state index contributed by atoms with van der Waals surface area (Å²) in [6.45, 7) is 19.6. The van der Waals surface area contributed by atoms with Gasteiger partial charge in [-0.05, 0) is 81.9 Å². The van der Waals surface area contributed by atoms with E-state index in [4.69, 9.17) is 19.4 Å². The van der Waals surface area contributed by atoms with E-state index in [-0.39, 0.29) is 111 Å². The lowest BCUT2D eigenvalue weighted by molar-refractivity contribution is -0.155. The van der Waals surface area contributed by atoms with E-state index < -0.39 is 41.3 Å². The van der Waals surface area contributed by atoms with Crippen LogP contribution in [0.25, 0.3) is 33.4 Å². The van der Waals surface area contributed by atoms with Gasteiger partial charge in [0, 0.05) is 98.4 Å². The second-order valence-corrected chi connectivity index (χ2v) is 19.8. The van der Waals surface area contributed by atoms with E-state index in [0.717, 1.165) is 44.7 Å². The molecule has 6 bridgehead atoms. The zero-order valence-corrected chi connectivity index (χ0v) is 48.1. The minimum absolute atomic E-state index is 0. The van der Waals surface area contributed by atoms with Crippen LogP contribution in [-0.2, 0) is 48.0 Å². The first kappa shape index (κ1) is 63.2. The number of esters is 1. The van der Waals surface area contributed by atoms with E-state index in [0.29, 0.717) is 57.0 Å². The van der Waals surface area contributed by atoms with Gasteiger partial charge in [-0.3, -0.25) is 29.2 Å². The Morgan fingerprint density at radius 3 is 2.45 bits per heavy atom. The summed E-state index contributed by atoms with van der Waals surface area (Å²) in [7, 11) is 3.28. The maximum atomic E-state index is 14.6. The van der Waals surface area contributed by atoms with Crippen LogP contribution in [0, 0.1) is 11.3 Å². The third kappa shape index (κ3) is 13.6. The number of nitrogens with zero attached hydrogens (tertiary/aromatic N) is 7. The molecule has 1 aromatic carbocycles. The number of hydrazine groups is 1. The molecule has 7 rings (SSSR count). The number of rotatable bonds is 9. The number of hydrogen-bond donors (Lipinski definition) is 2. The number of carbonyl (C=O) groups is 5. The number of amides is 5. The number of piperazine rings is 1. The number of pyridine rings is 1. The van der Waals surface area contributed by atoms with Crippen molar-refractivity contribution in [3.05, 3.63) is 70.8 Å². The number of hydrogen-bond acceptors (Lipinski definition) is 11. The first-order chi connectivity index (χ1) is 31.5. The fourth-order valence-electron chi connectivity index (χ4n) is 9.66. The van der Waals surface area contributed by atoms with Gasteiger partial charge in [-0.1, -0.05) is 40.3 Å². The van der Waals surface area contributed by atoms with Gasteiger partial charge in [0.1, 0.15) is 18.1 Å². The maximum Gasteiger partial charge on any atom is 0.324 e. The van der Waals surface area contributed by atoms with E-state index in [1.54, 1.807) is 30.2 Å². The molecule has 6 heterocycles. The molecule has 5 amide bonds. The van der Waals surface area contributed by atoms with E-state index in [1.807, 2.05) is 39.1 Å². The average Bonchev–Trinajstić information content (AvgIpc) is 3.90. The van der Waals surface area contributed by atoms with E-state index in [9.17, 15) is 24.0 Å². The Morgan fingerprint density at radius 1 is 1.08 bits per heavy atom.